The third kappa shape index (κ3) is 4.98. The molecule has 0 aliphatic carbocycles. The number of ether oxygens (including phenoxy) is 1. The molecule has 0 spiro atoms. The van der Waals surface area contributed by atoms with Gasteiger partial charge in [0.25, 0.3) is 0 Å². The highest BCUT2D eigenvalue weighted by Gasteiger charge is 2.34. The fourth-order valence-corrected chi connectivity index (χ4v) is 5.55. The zero-order chi connectivity index (χ0) is 24.7. The molecule has 2 heterocycles. The van der Waals surface area contributed by atoms with Crippen LogP contribution in [0.1, 0.15) is 20.8 Å². The Hall–Kier alpha value is -2.83. The van der Waals surface area contributed by atoms with Crippen LogP contribution in [0.15, 0.2) is 47.1 Å². The van der Waals surface area contributed by atoms with Gasteiger partial charge < -0.3 is 10.1 Å². The third-order valence-electron chi connectivity index (χ3n) is 5.10. The van der Waals surface area contributed by atoms with E-state index in [0.717, 1.165) is 22.2 Å². The summed E-state index contributed by atoms with van der Waals surface area (Å²) in [6.45, 7) is 4.60. The maximum Gasteiger partial charge on any atom is 0.186 e. The van der Waals surface area contributed by atoms with Crippen molar-refractivity contribution in [2.45, 2.75) is 30.4 Å². The van der Waals surface area contributed by atoms with Gasteiger partial charge in [-0.05, 0) is 45.0 Å². The van der Waals surface area contributed by atoms with Gasteiger partial charge in [0.05, 0.1) is 31.7 Å². The molecular weight excluding hydrogens is 496 g/mol. The van der Waals surface area contributed by atoms with Gasteiger partial charge in [0.1, 0.15) is 29.4 Å². The van der Waals surface area contributed by atoms with Crippen molar-refractivity contribution in [3.05, 3.63) is 42.2 Å². The molecule has 0 fully saturated rings. The molecule has 0 radical (unpaired) electrons. The number of aromatic nitrogens is 3. The van der Waals surface area contributed by atoms with Gasteiger partial charge in [0, 0.05) is 23.4 Å². The van der Waals surface area contributed by atoms with E-state index in [0.29, 0.717) is 16.7 Å². The summed E-state index contributed by atoms with van der Waals surface area (Å²) in [5.41, 5.74) is 3.80. The van der Waals surface area contributed by atoms with Gasteiger partial charge >= 0.3 is 0 Å². The average Bonchev–Trinajstić information content (AvgIpc) is 3.19. The average molecular weight is 521 g/mol. The van der Waals surface area contributed by atoms with Crippen molar-refractivity contribution in [1.29, 1.82) is 0 Å². The standard InChI is InChI=1S/C22H24N4O5S3/c1-22(2,3)34(29,30)20-10-15-16(11-18(20)31-7-8-33(4,27)28)23-12-24-21(15)26-14-5-6-19-17(9-14)25-13-32-19/h5-6,9-13H,7-8H2,1-4H3,(H,23,24,26). The zero-order valence-electron chi connectivity index (χ0n) is 19.1. The molecule has 0 aliphatic rings. The molecule has 1 N–H and O–H groups in total. The summed E-state index contributed by atoms with van der Waals surface area (Å²) in [6, 6.07) is 8.71. The Labute approximate surface area is 202 Å². The predicted octanol–water partition coefficient (Wildman–Crippen LogP) is 3.98. The molecule has 0 unspecified atom stereocenters. The molecule has 0 amide bonds. The number of nitrogens with zero attached hydrogens (tertiary/aromatic N) is 3. The number of benzene rings is 2. The lowest BCUT2D eigenvalue weighted by molar-refractivity contribution is 0.332. The fourth-order valence-electron chi connectivity index (χ4n) is 3.19. The topological polar surface area (TPSA) is 128 Å². The lowest BCUT2D eigenvalue weighted by atomic mass is 10.2. The van der Waals surface area contributed by atoms with Gasteiger partial charge in [-0.3, -0.25) is 0 Å². The summed E-state index contributed by atoms with van der Waals surface area (Å²) in [5, 5.41) is 3.71. The number of sulfone groups is 2. The Balaban J connectivity index is 1.82. The maximum absolute atomic E-state index is 13.4. The van der Waals surface area contributed by atoms with Gasteiger partial charge in [0.15, 0.2) is 19.7 Å². The minimum absolute atomic E-state index is 0.0474. The summed E-state index contributed by atoms with van der Waals surface area (Å²) < 4.78 is 55.4. The smallest absolute Gasteiger partial charge is 0.186 e. The summed E-state index contributed by atoms with van der Waals surface area (Å²) in [4.78, 5) is 12.9. The van der Waals surface area contributed by atoms with Crippen LogP contribution >= 0.6 is 11.3 Å². The molecule has 0 saturated heterocycles. The van der Waals surface area contributed by atoms with Crippen LogP contribution in [0.25, 0.3) is 21.1 Å². The lowest BCUT2D eigenvalue weighted by Gasteiger charge is -2.22. The van der Waals surface area contributed by atoms with Crippen LogP contribution in [0.2, 0.25) is 0 Å². The molecule has 34 heavy (non-hydrogen) atoms. The van der Waals surface area contributed by atoms with Crippen molar-refractivity contribution in [3.63, 3.8) is 0 Å². The molecular formula is C22H24N4O5S3. The van der Waals surface area contributed by atoms with E-state index in [1.165, 1.54) is 29.8 Å². The predicted molar refractivity (Wildman–Crippen MR) is 135 cm³/mol. The van der Waals surface area contributed by atoms with E-state index < -0.39 is 24.4 Å². The van der Waals surface area contributed by atoms with Gasteiger partial charge in [0.2, 0.25) is 0 Å². The van der Waals surface area contributed by atoms with Crippen LogP contribution in [-0.4, -0.2) is 55.2 Å². The fraction of sp³-hybridized carbons (Fsp3) is 0.318. The largest absolute Gasteiger partial charge is 0.491 e. The number of rotatable bonds is 7. The summed E-state index contributed by atoms with van der Waals surface area (Å²) in [5.74, 6) is 0.239. The minimum Gasteiger partial charge on any atom is -0.491 e. The number of fused-ring (bicyclic) bond motifs is 2. The zero-order valence-corrected chi connectivity index (χ0v) is 21.5. The van der Waals surface area contributed by atoms with E-state index in [1.807, 2.05) is 18.2 Å². The first-order chi connectivity index (χ1) is 15.8. The van der Waals surface area contributed by atoms with Gasteiger partial charge in [-0.1, -0.05) is 0 Å². The third-order valence-corrected chi connectivity index (χ3v) is 9.33. The Bertz CT molecular complexity index is 1590. The number of nitrogens with one attached hydrogen (secondary N) is 1. The van der Waals surface area contributed by atoms with Crippen molar-refractivity contribution in [3.8, 4) is 5.75 Å². The van der Waals surface area contributed by atoms with Crippen LogP contribution in [0.5, 0.6) is 5.75 Å². The highest BCUT2D eigenvalue weighted by molar-refractivity contribution is 7.93. The molecule has 2 aromatic heterocycles. The summed E-state index contributed by atoms with van der Waals surface area (Å²) >= 11 is 1.54. The number of anilines is 2. The van der Waals surface area contributed by atoms with E-state index in [-0.39, 0.29) is 23.0 Å². The van der Waals surface area contributed by atoms with Crippen molar-refractivity contribution in [2.24, 2.45) is 0 Å². The molecule has 4 rings (SSSR count). The Morgan fingerprint density at radius 2 is 1.76 bits per heavy atom. The number of hydrogen-bond acceptors (Lipinski definition) is 10. The van der Waals surface area contributed by atoms with Crippen molar-refractivity contribution >= 4 is 63.6 Å². The summed E-state index contributed by atoms with van der Waals surface area (Å²) in [7, 11) is -7.12. The number of thiazole rings is 1. The van der Waals surface area contributed by atoms with Crippen LogP contribution in [0.4, 0.5) is 11.5 Å². The van der Waals surface area contributed by atoms with Crippen LogP contribution in [-0.2, 0) is 19.7 Å². The molecule has 0 atom stereocenters. The Kier molecular flexibility index (Phi) is 6.25. The van der Waals surface area contributed by atoms with Crippen molar-refractivity contribution in [2.75, 3.05) is 23.9 Å². The van der Waals surface area contributed by atoms with Crippen molar-refractivity contribution in [1.82, 2.24) is 15.0 Å². The molecule has 4 aromatic rings. The van der Waals surface area contributed by atoms with Gasteiger partial charge in [-0.2, -0.15) is 0 Å². The van der Waals surface area contributed by atoms with Crippen LogP contribution in [0.3, 0.4) is 0 Å². The number of hydrogen-bond donors (Lipinski definition) is 1. The monoisotopic (exact) mass is 520 g/mol. The molecule has 12 heteroatoms. The van der Waals surface area contributed by atoms with Crippen LogP contribution < -0.4 is 10.1 Å². The molecule has 0 saturated carbocycles. The first kappa shape index (κ1) is 24.3. The molecule has 180 valence electrons. The second kappa shape index (κ2) is 8.75. The minimum atomic E-state index is -3.84. The Morgan fingerprint density at radius 3 is 2.47 bits per heavy atom. The molecule has 2 aromatic carbocycles. The van der Waals surface area contributed by atoms with Gasteiger partial charge in [-0.15, -0.1) is 11.3 Å². The second-order valence-electron chi connectivity index (χ2n) is 8.79. The van der Waals surface area contributed by atoms with E-state index >= 15 is 0 Å². The Morgan fingerprint density at radius 1 is 1.00 bits per heavy atom. The SMILES string of the molecule is CC(C)(C)S(=O)(=O)c1cc2c(Nc3ccc4scnc4c3)ncnc2cc1OCCS(C)(=O)=O. The first-order valence-electron chi connectivity index (χ1n) is 10.3. The first-order valence-corrected chi connectivity index (χ1v) is 14.7. The highest BCUT2D eigenvalue weighted by Crippen LogP contribution is 2.37. The van der Waals surface area contributed by atoms with Gasteiger partial charge in [-0.25, -0.2) is 31.8 Å². The maximum atomic E-state index is 13.4. The summed E-state index contributed by atoms with van der Waals surface area (Å²) in [6.07, 6.45) is 2.46. The normalized spacial score (nSPS) is 12.8. The van der Waals surface area contributed by atoms with E-state index in [4.69, 9.17) is 4.74 Å². The highest BCUT2D eigenvalue weighted by atomic mass is 32.2. The molecule has 0 bridgehead atoms. The molecule has 9 nitrogen and oxygen atoms in total. The van der Waals surface area contributed by atoms with E-state index in [1.54, 1.807) is 26.3 Å². The quantitative estimate of drug-likeness (QED) is 0.385. The van der Waals surface area contributed by atoms with E-state index in [9.17, 15) is 16.8 Å². The van der Waals surface area contributed by atoms with Crippen molar-refractivity contribution < 1.29 is 21.6 Å². The second-order valence-corrected chi connectivity index (χ2v) is 14.6. The van der Waals surface area contributed by atoms with E-state index in [2.05, 4.69) is 20.3 Å². The van der Waals surface area contributed by atoms with Crippen LogP contribution in [0, 0.1) is 0 Å². The molecule has 0 aliphatic heterocycles. The lowest BCUT2D eigenvalue weighted by Crippen LogP contribution is -2.28.